The van der Waals surface area contributed by atoms with Crippen molar-refractivity contribution in [3.8, 4) is 0 Å². The SMILES string of the molecule is Cn1nc(C(C)(C)C)cc1C(=O)N1CCOC(c2ccco2)C1. The average molecular weight is 317 g/mol. The lowest BCUT2D eigenvalue weighted by Crippen LogP contribution is -2.42. The second kappa shape index (κ2) is 5.85. The number of ether oxygens (including phenoxy) is 1. The molecule has 0 bridgehead atoms. The molecule has 1 unspecified atom stereocenters. The predicted molar refractivity (Wildman–Crippen MR) is 85.2 cm³/mol. The molecule has 0 radical (unpaired) electrons. The molecule has 1 amide bonds. The number of hydrogen-bond donors (Lipinski definition) is 0. The van der Waals surface area contributed by atoms with E-state index in [0.717, 1.165) is 11.5 Å². The summed E-state index contributed by atoms with van der Waals surface area (Å²) < 4.78 is 12.8. The Balaban J connectivity index is 1.79. The van der Waals surface area contributed by atoms with Crippen molar-refractivity contribution in [3.05, 3.63) is 41.6 Å². The number of aromatic nitrogens is 2. The van der Waals surface area contributed by atoms with E-state index >= 15 is 0 Å². The number of morpholine rings is 1. The smallest absolute Gasteiger partial charge is 0.272 e. The first-order valence-corrected chi connectivity index (χ1v) is 7.85. The molecule has 0 N–H and O–H groups in total. The van der Waals surface area contributed by atoms with Crippen LogP contribution >= 0.6 is 0 Å². The lowest BCUT2D eigenvalue weighted by molar-refractivity contribution is -0.0324. The van der Waals surface area contributed by atoms with Crippen molar-refractivity contribution < 1.29 is 13.9 Å². The monoisotopic (exact) mass is 317 g/mol. The molecule has 6 heteroatoms. The summed E-state index contributed by atoms with van der Waals surface area (Å²) in [6.07, 6.45) is 1.41. The Morgan fingerprint density at radius 1 is 1.39 bits per heavy atom. The first kappa shape index (κ1) is 15.8. The summed E-state index contributed by atoms with van der Waals surface area (Å²) in [6.45, 7) is 7.83. The molecule has 0 aromatic carbocycles. The van der Waals surface area contributed by atoms with E-state index in [-0.39, 0.29) is 17.4 Å². The van der Waals surface area contributed by atoms with Crippen molar-refractivity contribution in [2.24, 2.45) is 7.05 Å². The summed E-state index contributed by atoms with van der Waals surface area (Å²) >= 11 is 0. The molecule has 3 heterocycles. The summed E-state index contributed by atoms with van der Waals surface area (Å²) in [5.74, 6) is 0.734. The van der Waals surface area contributed by atoms with Gasteiger partial charge in [-0.05, 0) is 18.2 Å². The predicted octanol–water partition coefficient (Wildman–Crippen LogP) is 2.52. The van der Waals surface area contributed by atoms with Gasteiger partial charge in [0.2, 0.25) is 0 Å². The first-order valence-electron chi connectivity index (χ1n) is 7.85. The molecule has 3 rings (SSSR count). The third-order valence-electron chi connectivity index (χ3n) is 4.08. The van der Waals surface area contributed by atoms with Gasteiger partial charge in [-0.2, -0.15) is 5.10 Å². The number of amides is 1. The van der Waals surface area contributed by atoms with E-state index in [1.54, 1.807) is 15.8 Å². The Morgan fingerprint density at radius 2 is 2.17 bits per heavy atom. The van der Waals surface area contributed by atoms with Gasteiger partial charge in [-0.3, -0.25) is 9.48 Å². The Labute approximate surface area is 136 Å². The number of rotatable bonds is 2. The van der Waals surface area contributed by atoms with E-state index in [2.05, 4.69) is 25.9 Å². The molecular formula is C17H23N3O3. The maximum Gasteiger partial charge on any atom is 0.272 e. The molecule has 1 saturated heterocycles. The third kappa shape index (κ3) is 3.17. The van der Waals surface area contributed by atoms with Gasteiger partial charge in [0.05, 0.1) is 25.1 Å². The number of carbonyl (C=O) groups is 1. The molecule has 2 aromatic heterocycles. The van der Waals surface area contributed by atoms with Crippen molar-refractivity contribution in [1.82, 2.24) is 14.7 Å². The van der Waals surface area contributed by atoms with Crippen LogP contribution in [0.2, 0.25) is 0 Å². The number of aryl methyl sites for hydroxylation is 1. The molecule has 1 aliphatic heterocycles. The largest absolute Gasteiger partial charge is 0.467 e. The zero-order valence-electron chi connectivity index (χ0n) is 14.1. The van der Waals surface area contributed by atoms with Crippen molar-refractivity contribution >= 4 is 5.91 Å². The molecule has 23 heavy (non-hydrogen) atoms. The van der Waals surface area contributed by atoms with Gasteiger partial charge < -0.3 is 14.1 Å². The topological polar surface area (TPSA) is 60.5 Å². The fourth-order valence-electron chi connectivity index (χ4n) is 2.68. The second-order valence-electron chi connectivity index (χ2n) is 6.91. The minimum absolute atomic E-state index is 0.0182. The lowest BCUT2D eigenvalue weighted by Gasteiger charge is -2.31. The molecule has 1 fully saturated rings. The van der Waals surface area contributed by atoms with Crippen LogP contribution in [0.5, 0.6) is 0 Å². The maximum atomic E-state index is 12.9. The Morgan fingerprint density at radius 3 is 2.78 bits per heavy atom. The van der Waals surface area contributed by atoms with Crippen LogP contribution in [0.25, 0.3) is 0 Å². The zero-order chi connectivity index (χ0) is 16.6. The number of nitrogens with zero attached hydrogens (tertiary/aromatic N) is 3. The van der Waals surface area contributed by atoms with Crippen LogP contribution in [0.1, 0.15) is 48.8 Å². The normalized spacial score (nSPS) is 19.1. The van der Waals surface area contributed by atoms with E-state index in [9.17, 15) is 4.79 Å². The fraction of sp³-hybridized carbons (Fsp3) is 0.529. The van der Waals surface area contributed by atoms with Crippen LogP contribution in [-0.2, 0) is 17.2 Å². The van der Waals surface area contributed by atoms with E-state index in [0.29, 0.717) is 25.4 Å². The highest BCUT2D eigenvalue weighted by atomic mass is 16.5. The van der Waals surface area contributed by atoms with E-state index in [1.165, 1.54) is 0 Å². The minimum Gasteiger partial charge on any atom is -0.467 e. The Kier molecular flexibility index (Phi) is 4.02. The van der Waals surface area contributed by atoms with Gasteiger partial charge in [0, 0.05) is 19.0 Å². The van der Waals surface area contributed by atoms with Crippen molar-refractivity contribution in [1.29, 1.82) is 0 Å². The molecular weight excluding hydrogens is 294 g/mol. The zero-order valence-corrected chi connectivity index (χ0v) is 14.1. The first-order chi connectivity index (χ1) is 10.9. The molecule has 1 atom stereocenters. The minimum atomic E-state index is -0.210. The standard InChI is InChI=1S/C17H23N3O3/c1-17(2,3)15-10-12(19(4)18-15)16(21)20-7-9-23-14(11-20)13-6-5-8-22-13/h5-6,8,10,14H,7,9,11H2,1-4H3. The number of hydrogen-bond acceptors (Lipinski definition) is 4. The molecule has 2 aromatic rings. The fourth-order valence-corrected chi connectivity index (χ4v) is 2.68. The summed E-state index contributed by atoms with van der Waals surface area (Å²) in [5, 5.41) is 4.49. The van der Waals surface area contributed by atoms with Gasteiger partial charge in [0.25, 0.3) is 5.91 Å². The van der Waals surface area contributed by atoms with Crippen molar-refractivity contribution in [3.63, 3.8) is 0 Å². The second-order valence-corrected chi connectivity index (χ2v) is 6.91. The van der Waals surface area contributed by atoms with Crippen LogP contribution in [0.3, 0.4) is 0 Å². The van der Waals surface area contributed by atoms with Crippen LogP contribution in [0.4, 0.5) is 0 Å². The summed E-state index contributed by atoms with van der Waals surface area (Å²) in [4.78, 5) is 14.7. The quantitative estimate of drug-likeness (QED) is 0.854. The Hall–Kier alpha value is -2.08. The third-order valence-corrected chi connectivity index (χ3v) is 4.08. The molecule has 6 nitrogen and oxygen atoms in total. The number of carbonyl (C=O) groups excluding carboxylic acids is 1. The molecule has 1 aliphatic rings. The highest BCUT2D eigenvalue weighted by molar-refractivity contribution is 5.92. The van der Waals surface area contributed by atoms with Crippen molar-refractivity contribution in [2.75, 3.05) is 19.7 Å². The van der Waals surface area contributed by atoms with Crippen LogP contribution in [-0.4, -0.2) is 40.3 Å². The molecule has 0 saturated carbocycles. The van der Waals surface area contributed by atoms with Crippen LogP contribution in [0.15, 0.2) is 28.9 Å². The Bertz CT molecular complexity index is 683. The van der Waals surface area contributed by atoms with E-state index in [1.807, 2.05) is 25.2 Å². The van der Waals surface area contributed by atoms with Gasteiger partial charge >= 0.3 is 0 Å². The van der Waals surface area contributed by atoms with Gasteiger partial charge in [0.15, 0.2) is 0 Å². The van der Waals surface area contributed by atoms with Gasteiger partial charge in [-0.1, -0.05) is 20.8 Å². The van der Waals surface area contributed by atoms with E-state index in [4.69, 9.17) is 9.15 Å². The van der Waals surface area contributed by atoms with Crippen LogP contribution < -0.4 is 0 Å². The highest BCUT2D eigenvalue weighted by Crippen LogP contribution is 2.25. The molecule has 0 spiro atoms. The van der Waals surface area contributed by atoms with Gasteiger partial charge in [-0.15, -0.1) is 0 Å². The summed E-state index contributed by atoms with van der Waals surface area (Å²) in [5.41, 5.74) is 1.44. The highest BCUT2D eigenvalue weighted by Gasteiger charge is 2.30. The molecule has 0 aliphatic carbocycles. The lowest BCUT2D eigenvalue weighted by atomic mass is 9.92. The summed E-state index contributed by atoms with van der Waals surface area (Å²) in [6, 6.07) is 5.59. The van der Waals surface area contributed by atoms with E-state index < -0.39 is 0 Å². The summed E-state index contributed by atoms with van der Waals surface area (Å²) in [7, 11) is 1.81. The average Bonchev–Trinajstić information content (AvgIpc) is 3.15. The number of furan rings is 1. The van der Waals surface area contributed by atoms with Gasteiger partial charge in [-0.25, -0.2) is 0 Å². The van der Waals surface area contributed by atoms with Crippen LogP contribution in [0, 0.1) is 0 Å². The van der Waals surface area contributed by atoms with Gasteiger partial charge in [0.1, 0.15) is 17.6 Å². The molecule has 124 valence electrons. The van der Waals surface area contributed by atoms with Crippen molar-refractivity contribution in [2.45, 2.75) is 32.3 Å². The maximum absolute atomic E-state index is 12.9.